The molecule has 0 aromatic carbocycles. The van der Waals surface area contributed by atoms with Crippen LogP contribution in [0.2, 0.25) is 0 Å². The number of pyridine rings is 1. The van der Waals surface area contributed by atoms with Gasteiger partial charge in [-0.2, -0.15) is 4.98 Å². The van der Waals surface area contributed by atoms with Gasteiger partial charge in [-0.25, -0.2) is 0 Å². The number of nitrogens with one attached hydrogen (secondary N) is 2. The second kappa shape index (κ2) is 6.45. The number of hydrogen-bond donors (Lipinski definition) is 3. The first-order valence-electron chi connectivity index (χ1n) is 7.01. The van der Waals surface area contributed by atoms with Gasteiger partial charge in [-0.3, -0.25) is 4.79 Å². The maximum absolute atomic E-state index is 11.5. The van der Waals surface area contributed by atoms with Gasteiger partial charge < -0.3 is 21.1 Å². The molecule has 1 aromatic rings. The lowest BCUT2D eigenvalue weighted by molar-refractivity contribution is -0.120. The van der Waals surface area contributed by atoms with Crippen LogP contribution in [0.5, 0.6) is 5.88 Å². The number of ether oxygens (including phenoxy) is 1. The minimum atomic E-state index is 0.0179. The molecule has 0 bridgehead atoms. The number of nitrogens with two attached hydrogens (primary N) is 1. The van der Waals surface area contributed by atoms with E-state index in [1.165, 1.54) is 0 Å². The third-order valence-corrected chi connectivity index (χ3v) is 2.84. The lowest BCUT2D eigenvalue weighted by atomic mass is 10.3. The lowest BCUT2D eigenvalue weighted by Crippen LogP contribution is -2.27. The number of nitrogen functional groups attached to an aromatic ring is 1. The average Bonchev–Trinajstić information content (AvgIpc) is 3.16. The smallest absolute Gasteiger partial charge is 0.239 e. The number of anilines is 2. The fraction of sp³-hybridized carbons (Fsp3) is 0.571. The molecule has 6 heteroatoms. The third-order valence-electron chi connectivity index (χ3n) is 2.84. The van der Waals surface area contributed by atoms with Gasteiger partial charge in [0, 0.05) is 19.0 Å². The fourth-order valence-electron chi connectivity index (χ4n) is 1.70. The Kier molecular flexibility index (Phi) is 4.65. The summed E-state index contributed by atoms with van der Waals surface area (Å²) in [5.74, 6) is 1.16. The SMILES string of the molecule is CC(C)Oc1nc(NCCC(=O)NC2CC2)ccc1N. The van der Waals surface area contributed by atoms with Crippen molar-refractivity contribution in [3.63, 3.8) is 0 Å². The Morgan fingerprint density at radius 3 is 2.90 bits per heavy atom. The maximum atomic E-state index is 11.5. The molecule has 0 unspecified atom stereocenters. The average molecular weight is 278 g/mol. The Morgan fingerprint density at radius 1 is 1.50 bits per heavy atom. The zero-order valence-electron chi connectivity index (χ0n) is 12.0. The zero-order chi connectivity index (χ0) is 14.5. The summed E-state index contributed by atoms with van der Waals surface area (Å²) in [5.41, 5.74) is 6.31. The van der Waals surface area contributed by atoms with Crippen molar-refractivity contribution in [3.8, 4) is 5.88 Å². The first-order valence-corrected chi connectivity index (χ1v) is 7.01. The molecule has 0 radical (unpaired) electrons. The maximum Gasteiger partial charge on any atom is 0.239 e. The van der Waals surface area contributed by atoms with E-state index < -0.39 is 0 Å². The highest BCUT2D eigenvalue weighted by Crippen LogP contribution is 2.22. The molecular formula is C14H22N4O2. The van der Waals surface area contributed by atoms with Crippen molar-refractivity contribution < 1.29 is 9.53 Å². The predicted octanol–water partition coefficient (Wildman–Crippen LogP) is 1.53. The second-order valence-electron chi connectivity index (χ2n) is 5.28. The quantitative estimate of drug-likeness (QED) is 0.704. The monoisotopic (exact) mass is 278 g/mol. The summed E-state index contributed by atoms with van der Waals surface area (Å²) in [6.07, 6.45) is 2.66. The van der Waals surface area contributed by atoms with Crippen LogP contribution >= 0.6 is 0 Å². The molecule has 0 aliphatic heterocycles. The highest BCUT2D eigenvalue weighted by Gasteiger charge is 2.22. The van der Waals surface area contributed by atoms with Crippen LogP contribution in [0.25, 0.3) is 0 Å². The van der Waals surface area contributed by atoms with Crippen LogP contribution in [0.15, 0.2) is 12.1 Å². The zero-order valence-corrected chi connectivity index (χ0v) is 12.0. The molecule has 1 aromatic heterocycles. The van der Waals surface area contributed by atoms with E-state index in [0.29, 0.717) is 36.4 Å². The Morgan fingerprint density at radius 2 is 2.25 bits per heavy atom. The number of rotatable bonds is 7. The van der Waals surface area contributed by atoms with Gasteiger partial charge in [0.05, 0.1) is 11.8 Å². The Labute approximate surface area is 119 Å². The van der Waals surface area contributed by atoms with Gasteiger partial charge in [0.2, 0.25) is 11.8 Å². The second-order valence-corrected chi connectivity index (χ2v) is 5.28. The van der Waals surface area contributed by atoms with Crippen LogP contribution in [0, 0.1) is 0 Å². The molecule has 0 saturated heterocycles. The Bertz CT molecular complexity index is 472. The Hall–Kier alpha value is -1.98. The number of carbonyl (C=O) groups excluding carboxylic acids is 1. The molecule has 0 atom stereocenters. The number of nitrogens with zero attached hydrogens (tertiary/aromatic N) is 1. The Balaban J connectivity index is 1.80. The van der Waals surface area contributed by atoms with Crippen molar-refractivity contribution in [1.82, 2.24) is 10.3 Å². The number of hydrogen-bond acceptors (Lipinski definition) is 5. The van der Waals surface area contributed by atoms with Crippen LogP contribution in [0.4, 0.5) is 11.5 Å². The van der Waals surface area contributed by atoms with Gasteiger partial charge in [0.15, 0.2) is 0 Å². The molecule has 1 saturated carbocycles. The van der Waals surface area contributed by atoms with Crippen LogP contribution in [0.1, 0.15) is 33.1 Å². The topological polar surface area (TPSA) is 89.3 Å². The van der Waals surface area contributed by atoms with Crippen LogP contribution in [0.3, 0.4) is 0 Å². The summed E-state index contributed by atoms with van der Waals surface area (Å²) in [5, 5.41) is 6.05. The molecule has 0 spiro atoms. The van der Waals surface area contributed by atoms with E-state index >= 15 is 0 Å². The minimum absolute atomic E-state index is 0.0179. The van der Waals surface area contributed by atoms with Crippen LogP contribution in [-0.4, -0.2) is 29.6 Å². The summed E-state index contributed by atoms with van der Waals surface area (Å²) < 4.78 is 5.52. The highest BCUT2D eigenvalue weighted by molar-refractivity contribution is 5.77. The number of aromatic nitrogens is 1. The van der Waals surface area contributed by atoms with Crippen molar-refractivity contribution in [1.29, 1.82) is 0 Å². The predicted molar refractivity (Wildman–Crippen MR) is 78.7 cm³/mol. The molecule has 6 nitrogen and oxygen atoms in total. The van der Waals surface area contributed by atoms with E-state index in [9.17, 15) is 4.79 Å². The van der Waals surface area contributed by atoms with Crippen molar-refractivity contribution in [2.45, 2.75) is 45.3 Å². The summed E-state index contributed by atoms with van der Waals surface area (Å²) in [4.78, 5) is 15.8. The van der Waals surface area contributed by atoms with Crippen molar-refractivity contribution >= 4 is 17.4 Å². The standard InChI is InChI=1S/C14H22N4O2/c1-9(2)20-14-11(15)5-6-12(18-14)16-8-7-13(19)17-10-3-4-10/h5-6,9-10H,3-4,7-8,15H2,1-2H3,(H,16,18)(H,17,19). The van der Waals surface area contributed by atoms with E-state index in [1.807, 2.05) is 13.8 Å². The van der Waals surface area contributed by atoms with E-state index in [2.05, 4.69) is 15.6 Å². The molecule has 1 amide bonds. The molecule has 1 aliphatic rings. The van der Waals surface area contributed by atoms with E-state index in [4.69, 9.17) is 10.5 Å². The first kappa shape index (κ1) is 14.4. The molecule has 110 valence electrons. The summed E-state index contributed by atoms with van der Waals surface area (Å²) in [7, 11) is 0. The summed E-state index contributed by atoms with van der Waals surface area (Å²) in [6.45, 7) is 4.38. The van der Waals surface area contributed by atoms with Gasteiger partial charge in [0.25, 0.3) is 0 Å². The third kappa shape index (κ3) is 4.60. The molecular weight excluding hydrogens is 256 g/mol. The lowest BCUT2D eigenvalue weighted by Gasteiger charge is -2.13. The minimum Gasteiger partial charge on any atom is -0.473 e. The normalized spacial score (nSPS) is 14.2. The molecule has 20 heavy (non-hydrogen) atoms. The van der Waals surface area contributed by atoms with E-state index in [0.717, 1.165) is 12.8 Å². The first-order chi connectivity index (χ1) is 9.54. The molecule has 2 rings (SSSR count). The van der Waals surface area contributed by atoms with Crippen LogP contribution in [-0.2, 0) is 4.79 Å². The van der Waals surface area contributed by atoms with Crippen molar-refractivity contribution in [3.05, 3.63) is 12.1 Å². The molecule has 1 aliphatic carbocycles. The van der Waals surface area contributed by atoms with Crippen molar-refractivity contribution in [2.24, 2.45) is 0 Å². The highest BCUT2D eigenvalue weighted by atomic mass is 16.5. The van der Waals surface area contributed by atoms with Gasteiger partial charge >= 0.3 is 0 Å². The number of carbonyl (C=O) groups is 1. The largest absolute Gasteiger partial charge is 0.473 e. The molecule has 1 fully saturated rings. The van der Waals surface area contributed by atoms with Crippen LogP contribution < -0.4 is 21.1 Å². The van der Waals surface area contributed by atoms with Gasteiger partial charge in [0.1, 0.15) is 5.82 Å². The van der Waals surface area contributed by atoms with E-state index in [-0.39, 0.29) is 12.0 Å². The van der Waals surface area contributed by atoms with Gasteiger partial charge in [-0.15, -0.1) is 0 Å². The molecule has 1 heterocycles. The van der Waals surface area contributed by atoms with E-state index in [1.54, 1.807) is 12.1 Å². The van der Waals surface area contributed by atoms with Gasteiger partial charge in [-0.05, 0) is 38.8 Å². The summed E-state index contributed by atoms with van der Waals surface area (Å²) in [6, 6.07) is 3.93. The van der Waals surface area contributed by atoms with Gasteiger partial charge in [-0.1, -0.05) is 0 Å². The fourth-order valence-corrected chi connectivity index (χ4v) is 1.70. The number of amides is 1. The molecule has 4 N–H and O–H groups in total. The summed E-state index contributed by atoms with van der Waals surface area (Å²) >= 11 is 0. The van der Waals surface area contributed by atoms with Crippen molar-refractivity contribution in [2.75, 3.05) is 17.6 Å².